The van der Waals surface area contributed by atoms with E-state index < -0.39 is 10.0 Å². The largest absolute Gasteiger partial charge is 0.355 e. The molecule has 0 saturated carbocycles. The lowest BCUT2D eigenvalue weighted by atomic mass is 9.99. The van der Waals surface area contributed by atoms with Gasteiger partial charge in [0.05, 0.1) is 5.75 Å². The number of piperidine rings is 1. The molecule has 8 heteroatoms. The van der Waals surface area contributed by atoms with Crippen molar-refractivity contribution < 1.29 is 8.42 Å². The Morgan fingerprint density at radius 3 is 1.90 bits per heavy atom. The minimum Gasteiger partial charge on any atom is -0.355 e. The maximum absolute atomic E-state index is 12.8. The van der Waals surface area contributed by atoms with E-state index in [4.69, 9.17) is 0 Å². The van der Waals surface area contributed by atoms with Gasteiger partial charge in [0, 0.05) is 39.3 Å². The molecule has 0 amide bonds. The highest BCUT2D eigenvalue weighted by Crippen LogP contribution is 2.23. The Kier molecular flexibility index (Phi) is 6.24. The van der Waals surface area contributed by atoms with Gasteiger partial charge in [-0.25, -0.2) is 8.42 Å². The standard InChI is InChI=1S/C22H31N5O2S/c1-18-3-5-20(6-4-18)17-30(28,29)27-15-13-26(14-16-27)22-8-7-21(23-24-22)25-11-9-19(2)10-12-25/h3-8,19H,9-17H2,1-2H3. The minimum atomic E-state index is -3.32. The maximum atomic E-state index is 12.8. The number of rotatable bonds is 5. The van der Waals surface area contributed by atoms with Gasteiger partial charge in [0.2, 0.25) is 10.0 Å². The Morgan fingerprint density at radius 2 is 1.37 bits per heavy atom. The van der Waals surface area contributed by atoms with Crippen molar-refractivity contribution in [2.45, 2.75) is 32.4 Å². The van der Waals surface area contributed by atoms with Crippen molar-refractivity contribution in [1.82, 2.24) is 14.5 Å². The second kappa shape index (κ2) is 8.89. The van der Waals surface area contributed by atoms with Crippen LogP contribution in [0, 0.1) is 12.8 Å². The van der Waals surface area contributed by atoms with E-state index in [0.717, 1.165) is 41.8 Å². The van der Waals surface area contributed by atoms with Crippen LogP contribution >= 0.6 is 0 Å². The number of aromatic nitrogens is 2. The number of aryl methyl sites for hydroxylation is 1. The number of piperazine rings is 1. The first kappa shape index (κ1) is 21.1. The van der Waals surface area contributed by atoms with E-state index in [2.05, 4.69) is 26.9 Å². The molecule has 0 bridgehead atoms. The minimum absolute atomic E-state index is 0.0518. The monoisotopic (exact) mass is 429 g/mol. The van der Waals surface area contributed by atoms with Crippen LogP contribution in [0.2, 0.25) is 0 Å². The van der Waals surface area contributed by atoms with Crippen LogP contribution in [0.3, 0.4) is 0 Å². The molecule has 3 heterocycles. The summed E-state index contributed by atoms with van der Waals surface area (Å²) >= 11 is 0. The smallest absolute Gasteiger partial charge is 0.218 e. The maximum Gasteiger partial charge on any atom is 0.218 e. The zero-order valence-electron chi connectivity index (χ0n) is 17.9. The van der Waals surface area contributed by atoms with Crippen molar-refractivity contribution in [3.8, 4) is 0 Å². The van der Waals surface area contributed by atoms with Crippen LogP contribution in [-0.2, 0) is 15.8 Å². The van der Waals surface area contributed by atoms with E-state index in [1.807, 2.05) is 43.3 Å². The van der Waals surface area contributed by atoms with E-state index in [1.165, 1.54) is 12.8 Å². The van der Waals surface area contributed by atoms with Crippen LogP contribution in [0.4, 0.5) is 11.6 Å². The van der Waals surface area contributed by atoms with E-state index in [0.29, 0.717) is 26.2 Å². The first-order valence-corrected chi connectivity index (χ1v) is 12.4. The summed E-state index contributed by atoms with van der Waals surface area (Å²) in [5, 5.41) is 8.86. The third-order valence-electron chi connectivity index (χ3n) is 6.17. The van der Waals surface area contributed by atoms with Crippen molar-refractivity contribution >= 4 is 21.7 Å². The lowest BCUT2D eigenvalue weighted by molar-refractivity contribution is 0.383. The molecule has 2 aromatic rings. The van der Waals surface area contributed by atoms with Crippen LogP contribution in [0.5, 0.6) is 0 Å². The molecule has 30 heavy (non-hydrogen) atoms. The summed E-state index contributed by atoms with van der Waals surface area (Å²) in [6.45, 7) is 8.57. The van der Waals surface area contributed by atoms with Crippen LogP contribution in [0.15, 0.2) is 36.4 Å². The van der Waals surface area contributed by atoms with Gasteiger partial charge in [0.15, 0.2) is 11.6 Å². The van der Waals surface area contributed by atoms with Crippen molar-refractivity contribution in [3.63, 3.8) is 0 Å². The zero-order valence-corrected chi connectivity index (χ0v) is 18.7. The molecular formula is C22H31N5O2S. The average molecular weight is 430 g/mol. The van der Waals surface area contributed by atoms with Gasteiger partial charge < -0.3 is 9.80 Å². The molecule has 1 aromatic carbocycles. The van der Waals surface area contributed by atoms with E-state index in [9.17, 15) is 8.42 Å². The lowest BCUT2D eigenvalue weighted by Crippen LogP contribution is -2.49. The van der Waals surface area contributed by atoms with Gasteiger partial charge in [-0.15, -0.1) is 10.2 Å². The Morgan fingerprint density at radius 1 is 0.833 bits per heavy atom. The van der Waals surface area contributed by atoms with Crippen molar-refractivity contribution in [1.29, 1.82) is 0 Å². The molecule has 4 rings (SSSR count). The van der Waals surface area contributed by atoms with Crippen LogP contribution in [0.25, 0.3) is 0 Å². The van der Waals surface area contributed by atoms with Crippen molar-refractivity contribution in [3.05, 3.63) is 47.5 Å². The molecule has 0 unspecified atom stereocenters. The second-order valence-electron chi connectivity index (χ2n) is 8.55. The first-order chi connectivity index (χ1) is 14.4. The third kappa shape index (κ3) is 4.92. The molecule has 2 fully saturated rings. The number of sulfonamides is 1. The summed E-state index contributed by atoms with van der Waals surface area (Å²) in [5.74, 6) is 2.59. The number of hydrogen-bond acceptors (Lipinski definition) is 6. The summed E-state index contributed by atoms with van der Waals surface area (Å²) in [5.41, 5.74) is 1.96. The third-order valence-corrected chi connectivity index (χ3v) is 8.02. The van der Waals surface area contributed by atoms with Crippen molar-refractivity contribution in [2.75, 3.05) is 49.1 Å². The van der Waals surface area contributed by atoms with Gasteiger partial charge in [0.25, 0.3) is 0 Å². The summed E-state index contributed by atoms with van der Waals surface area (Å²) in [6.07, 6.45) is 2.39. The molecule has 1 aromatic heterocycles. The molecule has 2 aliphatic heterocycles. The first-order valence-electron chi connectivity index (χ1n) is 10.8. The molecule has 0 aliphatic carbocycles. The van der Waals surface area contributed by atoms with Gasteiger partial charge in [-0.1, -0.05) is 36.8 Å². The fraction of sp³-hybridized carbons (Fsp3) is 0.545. The van der Waals surface area contributed by atoms with E-state index >= 15 is 0 Å². The van der Waals surface area contributed by atoms with Crippen LogP contribution < -0.4 is 9.80 Å². The predicted molar refractivity (Wildman–Crippen MR) is 120 cm³/mol. The van der Waals surface area contributed by atoms with Gasteiger partial charge >= 0.3 is 0 Å². The number of benzene rings is 1. The van der Waals surface area contributed by atoms with Crippen molar-refractivity contribution in [2.24, 2.45) is 5.92 Å². The molecule has 2 saturated heterocycles. The Bertz CT molecular complexity index is 930. The normalized spacial score (nSPS) is 19.3. The Balaban J connectivity index is 1.33. The molecule has 7 nitrogen and oxygen atoms in total. The zero-order chi connectivity index (χ0) is 21.1. The quantitative estimate of drug-likeness (QED) is 0.728. The van der Waals surface area contributed by atoms with Gasteiger partial charge in [0.1, 0.15) is 0 Å². The second-order valence-corrected chi connectivity index (χ2v) is 10.5. The molecule has 0 spiro atoms. The fourth-order valence-corrected chi connectivity index (χ4v) is 5.59. The molecule has 0 N–H and O–H groups in total. The van der Waals surface area contributed by atoms with E-state index in [1.54, 1.807) is 4.31 Å². The SMILES string of the molecule is Cc1ccc(CS(=O)(=O)N2CCN(c3ccc(N4CCC(C)CC4)nn3)CC2)cc1. The van der Waals surface area contributed by atoms with Gasteiger partial charge in [-0.2, -0.15) is 4.31 Å². The predicted octanol–water partition coefficient (Wildman–Crippen LogP) is 2.67. The summed E-state index contributed by atoms with van der Waals surface area (Å²) in [6, 6.07) is 11.7. The van der Waals surface area contributed by atoms with Gasteiger partial charge in [-0.05, 0) is 43.4 Å². The number of hydrogen-bond donors (Lipinski definition) is 0. The topological polar surface area (TPSA) is 69.6 Å². The summed E-state index contributed by atoms with van der Waals surface area (Å²) in [7, 11) is -3.32. The average Bonchev–Trinajstić information content (AvgIpc) is 2.76. The molecule has 0 atom stereocenters. The number of anilines is 2. The van der Waals surface area contributed by atoms with E-state index in [-0.39, 0.29) is 5.75 Å². The Hall–Kier alpha value is -2.19. The van der Waals surface area contributed by atoms with Gasteiger partial charge in [-0.3, -0.25) is 0 Å². The fourth-order valence-electron chi connectivity index (χ4n) is 4.07. The Labute approximate surface area is 179 Å². The summed E-state index contributed by atoms with van der Waals surface area (Å²) in [4.78, 5) is 4.42. The van der Waals surface area contributed by atoms with Crippen LogP contribution in [0.1, 0.15) is 30.9 Å². The summed E-state index contributed by atoms with van der Waals surface area (Å²) < 4.78 is 27.2. The lowest BCUT2D eigenvalue weighted by Gasteiger charge is -2.35. The molecule has 0 radical (unpaired) electrons. The van der Waals surface area contributed by atoms with Crippen LogP contribution in [-0.4, -0.2) is 62.2 Å². The molecule has 162 valence electrons. The highest BCUT2D eigenvalue weighted by atomic mass is 32.2. The molecular weight excluding hydrogens is 398 g/mol. The highest BCUT2D eigenvalue weighted by molar-refractivity contribution is 7.88. The molecule has 2 aliphatic rings. The number of nitrogens with zero attached hydrogens (tertiary/aromatic N) is 5. The highest BCUT2D eigenvalue weighted by Gasteiger charge is 2.28.